The standard InChI is InChI=1S/C15H13ClFNO/c16-13-7-6-12(14(17)9-13)8-15(19)18-10-11-4-2-1-3-5-11/h1-7,9H,8,10H2,(H,18,19). The molecule has 0 aromatic heterocycles. The molecule has 0 unspecified atom stereocenters. The van der Waals surface area contributed by atoms with Gasteiger partial charge in [-0.15, -0.1) is 0 Å². The lowest BCUT2D eigenvalue weighted by Gasteiger charge is -2.06. The number of amides is 1. The lowest BCUT2D eigenvalue weighted by molar-refractivity contribution is -0.120. The first kappa shape index (κ1) is 13.6. The first-order valence-corrected chi connectivity index (χ1v) is 6.27. The van der Waals surface area contributed by atoms with Crippen molar-refractivity contribution in [3.05, 3.63) is 70.5 Å². The molecule has 0 atom stereocenters. The van der Waals surface area contributed by atoms with Crippen LogP contribution in [0, 0.1) is 5.82 Å². The third-order valence-corrected chi connectivity index (χ3v) is 2.93. The monoisotopic (exact) mass is 277 g/mol. The van der Waals surface area contributed by atoms with Gasteiger partial charge in [-0.05, 0) is 23.3 Å². The Morgan fingerprint density at radius 1 is 1.16 bits per heavy atom. The lowest BCUT2D eigenvalue weighted by Crippen LogP contribution is -2.24. The quantitative estimate of drug-likeness (QED) is 0.912. The van der Waals surface area contributed by atoms with Gasteiger partial charge in [-0.2, -0.15) is 0 Å². The molecule has 0 saturated heterocycles. The van der Waals surface area contributed by atoms with Crippen molar-refractivity contribution in [3.63, 3.8) is 0 Å². The van der Waals surface area contributed by atoms with Gasteiger partial charge in [-0.25, -0.2) is 4.39 Å². The molecule has 1 N–H and O–H groups in total. The maximum absolute atomic E-state index is 13.5. The largest absolute Gasteiger partial charge is 0.352 e. The minimum atomic E-state index is -0.456. The number of nitrogens with one attached hydrogen (secondary N) is 1. The molecule has 2 aromatic carbocycles. The Morgan fingerprint density at radius 2 is 1.89 bits per heavy atom. The first-order valence-electron chi connectivity index (χ1n) is 5.90. The van der Waals surface area contributed by atoms with E-state index in [1.165, 1.54) is 12.1 Å². The SMILES string of the molecule is O=C(Cc1ccc(Cl)cc1F)NCc1ccccc1. The summed E-state index contributed by atoms with van der Waals surface area (Å²) in [6.07, 6.45) is 0.00976. The molecule has 1 amide bonds. The summed E-state index contributed by atoms with van der Waals surface area (Å²) in [6, 6.07) is 13.9. The van der Waals surface area contributed by atoms with Gasteiger partial charge in [0.25, 0.3) is 0 Å². The third kappa shape index (κ3) is 4.07. The van der Waals surface area contributed by atoms with E-state index in [1.54, 1.807) is 6.07 Å². The normalized spacial score (nSPS) is 10.2. The number of benzene rings is 2. The summed E-state index contributed by atoms with van der Waals surface area (Å²) in [5.41, 5.74) is 1.35. The van der Waals surface area contributed by atoms with Gasteiger partial charge >= 0.3 is 0 Å². The van der Waals surface area contributed by atoms with Crippen molar-refractivity contribution in [2.24, 2.45) is 0 Å². The van der Waals surface area contributed by atoms with Gasteiger partial charge in [0.1, 0.15) is 5.82 Å². The van der Waals surface area contributed by atoms with E-state index in [1.807, 2.05) is 30.3 Å². The van der Waals surface area contributed by atoms with Crippen LogP contribution < -0.4 is 5.32 Å². The molecule has 0 saturated carbocycles. The van der Waals surface area contributed by atoms with Crippen LogP contribution in [0.25, 0.3) is 0 Å². The molecule has 2 nitrogen and oxygen atoms in total. The molecule has 2 rings (SSSR count). The minimum Gasteiger partial charge on any atom is -0.352 e. The van der Waals surface area contributed by atoms with Crippen molar-refractivity contribution in [3.8, 4) is 0 Å². The summed E-state index contributed by atoms with van der Waals surface area (Å²) >= 11 is 5.65. The van der Waals surface area contributed by atoms with Crippen LogP contribution >= 0.6 is 11.6 Å². The maximum atomic E-state index is 13.5. The Kier molecular flexibility index (Phi) is 4.53. The van der Waals surface area contributed by atoms with Gasteiger partial charge in [-0.1, -0.05) is 48.0 Å². The van der Waals surface area contributed by atoms with Crippen LogP contribution in [-0.2, 0) is 17.8 Å². The Hall–Kier alpha value is -1.87. The Bertz CT molecular complexity index is 572. The summed E-state index contributed by atoms with van der Waals surface area (Å²) in [4.78, 5) is 11.7. The second-order valence-corrected chi connectivity index (χ2v) is 4.61. The summed E-state index contributed by atoms with van der Waals surface area (Å²) in [6.45, 7) is 0.439. The fourth-order valence-electron chi connectivity index (χ4n) is 1.70. The molecule has 0 bridgehead atoms. The van der Waals surface area contributed by atoms with E-state index in [0.717, 1.165) is 5.56 Å². The van der Waals surface area contributed by atoms with E-state index in [9.17, 15) is 9.18 Å². The molecule has 0 fully saturated rings. The zero-order valence-corrected chi connectivity index (χ0v) is 11.0. The Labute approximate surface area is 116 Å². The minimum absolute atomic E-state index is 0.00976. The van der Waals surface area contributed by atoms with Gasteiger partial charge in [0.15, 0.2) is 0 Å². The van der Waals surface area contributed by atoms with Gasteiger partial charge in [-0.3, -0.25) is 4.79 Å². The van der Waals surface area contributed by atoms with Crippen LogP contribution in [0.1, 0.15) is 11.1 Å². The molecule has 0 radical (unpaired) electrons. The summed E-state index contributed by atoms with van der Waals surface area (Å²) in [7, 11) is 0. The van der Waals surface area contributed by atoms with Gasteiger partial charge in [0, 0.05) is 11.6 Å². The number of halogens is 2. The molecule has 0 aliphatic rings. The predicted molar refractivity (Wildman–Crippen MR) is 73.4 cm³/mol. The van der Waals surface area contributed by atoms with Crippen molar-refractivity contribution in [2.75, 3.05) is 0 Å². The van der Waals surface area contributed by atoms with E-state index < -0.39 is 5.82 Å². The van der Waals surface area contributed by atoms with Gasteiger partial charge in [0.2, 0.25) is 5.91 Å². The van der Waals surface area contributed by atoms with Crippen molar-refractivity contribution < 1.29 is 9.18 Å². The number of carbonyl (C=O) groups excluding carboxylic acids is 1. The molecule has 0 aliphatic carbocycles. The highest BCUT2D eigenvalue weighted by Crippen LogP contribution is 2.15. The second-order valence-electron chi connectivity index (χ2n) is 4.17. The fourth-order valence-corrected chi connectivity index (χ4v) is 1.86. The number of hydrogen-bond donors (Lipinski definition) is 1. The zero-order valence-electron chi connectivity index (χ0n) is 10.2. The molecule has 98 valence electrons. The number of carbonyl (C=O) groups is 1. The van der Waals surface area contributed by atoms with Crippen LogP contribution in [-0.4, -0.2) is 5.91 Å². The molecular weight excluding hydrogens is 265 g/mol. The molecule has 0 heterocycles. The Balaban J connectivity index is 1.91. The van der Waals surface area contributed by atoms with Crippen LogP contribution in [0.3, 0.4) is 0 Å². The van der Waals surface area contributed by atoms with Crippen LogP contribution in [0.4, 0.5) is 4.39 Å². The maximum Gasteiger partial charge on any atom is 0.224 e. The molecule has 4 heteroatoms. The van der Waals surface area contributed by atoms with Crippen LogP contribution in [0.5, 0.6) is 0 Å². The van der Waals surface area contributed by atoms with Gasteiger partial charge in [0.05, 0.1) is 6.42 Å². The molecule has 0 spiro atoms. The highest BCUT2D eigenvalue weighted by molar-refractivity contribution is 6.30. The fraction of sp³-hybridized carbons (Fsp3) is 0.133. The van der Waals surface area contributed by atoms with Crippen LogP contribution in [0.15, 0.2) is 48.5 Å². The van der Waals surface area contributed by atoms with E-state index in [4.69, 9.17) is 11.6 Å². The number of rotatable bonds is 4. The average molecular weight is 278 g/mol. The van der Waals surface area contributed by atoms with Crippen molar-refractivity contribution in [2.45, 2.75) is 13.0 Å². The average Bonchev–Trinajstić information content (AvgIpc) is 2.41. The summed E-state index contributed by atoms with van der Waals surface area (Å²) in [5, 5.41) is 3.08. The smallest absolute Gasteiger partial charge is 0.224 e. The summed E-state index contributed by atoms with van der Waals surface area (Å²) in [5.74, 6) is -0.674. The van der Waals surface area contributed by atoms with E-state index in [2.05, 4.69) is 5.32 Å². The predicted octanol–water partition coefficient (Wildman–Crippen LogP) is 3.34. The molecule has 19 heavy (non-hydrogen) atoms. The van der Waals surface area contributed by atoms with E-state index >= 15 is 0 Å². The highest BCUT2D eigenvalue weighted by Gasteiger charge is 2.08. The highest BCUT2D eigenvalue weighted by atomic mass is 35.5. The van der Waals surface area contributed by atoms with Gasteiger partial charge < -0.3 is 5.32 Å². The zero-order chi connectivity index (χ0) is 13.7. The first-order chi connectivity index (χ1) is 9.15. The topological polar surface area (TPSA) is 29.1 Å². The summed E-state index contributed by atoms with van der Waals surface area (Å²) < 4.78 is 13.5. The van der Waals surface area contributed by atoms with E-state index in [0.29, 0.717) is 17.1 Å². The second kappa shape index (κ2) is 6.34. The molecule has 2 aromatic rings. The van der Waals surface area contributed by atoms with Crippen molar-refractivity contribution in [1.82, 2.24) is 5.32 Å². The van der Waals surface area contributed by atoms with E-state index in [-0.39, 0.29) is 12.3 Å². The van der Waals surface area contributed by atoms with Crippen molar-refractivity contribution in [1.29, 1.82) is 0 Å². The van der Waals surface area contributed by atoms with Crippen LogP contribution in [0.2, 0.25) is 5.02 Å². The van der Waals surface area contributed by atoms with Crippen molar-refractivity contribution >= 4 is 17.5 Å². The third-order valence-electron chi connectivity index (χ3n) is 2.70. The molecule has 0 aliphatic heterocycles. The molecular formula is C15H13ClFNO. The lowest BCUT2D eigenvalue weighted by atomic mass is 10.1. The number of hydrogen-bond acceptors (Lipinski definition) is 1. The Morgan fingerprint density at radius 3 is 2.58 bits per heavy atom.